The summed E-state index contributed by atoms with van der Waals surface area (Å²) in [5.74, 6) is 1.35. The standard InChI is InChI=1S/C17H27FN2/c1-12(2)14-5-4-9-20(10-8-14)17-7-6-15(18)11-16(17)13(3)19/h6-7,11-14H,4-5,8-10,19H2,1-3H3. The third-order valence-corrected chi connectivity index (χ3v) is 4.54. The molecule has 20 heavy (non-hydrogen) atoms. The number of nitrogens with two attached hydrogens (primary N) is 1. The van der Waals surface area contributed by atoms with Crippen molar-refractivity contribution in [1.82, 2.24) is 0 Å². The zero-order valence-electron chi connectivity index (χ0n) is 12.9. The molecule has 2 nitrogen and oxygen atoms in total. The van der Waals surface area contributed by atoms with Crippen molar-refractivity contribution < 1.29 is 4.39 Å². The Morgan fingerprint density at radius 2 is 1.95 bits per heavy atom. The van der Waals surface area contributed by atoms with E-state index in [1.807, 2.05) is 13.0 Å². The van der Waals surface area contributed by atoms with Gasteiger partial charge in [-0.25, -0.2) is 4.39 Å². The van der Waals surface area contributed by atoms with E-state index >= 15 is 0 Å². The van der Waals surface area contributed by atoms with E-state index in [2.05, 4.69) is 18.7 Å². The molecule has 112 valence electrons. The Morgan fingerprint density at radius 3 is 2.60 bits per heavy atom. The van der Waals surface area contributed by atoms with Gasteiger partial charge in [-0.3, -0.25) is 0 Å². The number of rotatable bonds is 3. The van der Waals surface area contributed by atoms with Gasteiger partial charge in [-0.15, -0.1) is 0 Å². The second-order valence-electron chi connectivity index (χ2n) is 6.41. The molecule has 1 aliphatic heterocycles. The maximum Gasteiger partial charge on any atom is 0.123 e. The molecule has 0 amide bonds. The fourth-order valence-corrected chi connectivity index (χ4v) is 3.21. The van der Waals surface area contributed by atoms with Gasteiger partial charge < -0.3 is 10.6 Å². The number of hydrogen-bond acceptors (Lipinski definition) is 2. The molecule has 2 N–H and O–H groups in total. The third-order valence-electron chi connectivity index (χ3n) is 4.54. The van der Waals surface area contributed by atoms with Crippen molar-refractivity contribution in [3.63, 3.8) is 0 Å². The van der Waals surface area contributed by atoms with Crippen molar-refractivity contribution in [1.29, 1.82) is 0 Å². The van der Waals surface area contributed by atoms with Crippen LogP contribution in [0.25, 0.3) is 0 Å². The SMILES string of the molecule is CC(N)c1cc(F)ccc1N1CCCC(C(C)C)CC1. The molecule has 0 spiro atoms. The first-order valence-corrected chi connectivity index (χ1v) is 7.79. The van der Waals surface area contributed by atoms with Gasteiger partial charge in [0.2, 0.25) is 0 Å². The molecule has 2 rings (SSSR count). The van der Waals surface area contributed by atoms with Gasteiger partial charge in [0.15, 0.2) is 0 Å². The number of nitrogens with zero attached hydrogens (tertiary/aromatic N) is 1. The minimum absolute atomic E-state index is 0.134. The normalized spacial score (nSPS) is 21.9. The molecule has 3 heteroatoms. The first-order chi connectivity index (χ1) is 9.49. The predicted molar refractivity (Wildman–Crippen MR) is 83.4 cm³/mol. The van der Waals surface area contributed by atoms with Crippen LogP contribution in [0.3, 0.4) is 0 Å². The second-order valence-corrected chi connectivity index (χ2v) is 6.41. The van der Waals surface area contributed by atoms with E-state index in [-0.39, 0.29) is 11.9 Å². The first kappa shape index (κ1) is 15.3. The van der Waals surface area contributed by atoms with Crippen LogP contribution in [0.2, 0.25) is 0 Å². The summed E-state index contributed by atoms with van der Waals surface area (Å²) in [4.78, 5) is 2.39. The van der Waals surface area contributed by atoms with E-state index in [1.54, 1.807) is 12.1 Å². The zero-order chi connectivity index (χ0) is 14.7. The fourth-order valence-electron chi connectivity index (χ4n) is 3.21. The van der Waals surface area contributed by atoms with Crippen LogP contribution in [-0.4, -0.2) is 13.1 Å². The second kappa shape index (κ2) is 6.57. The minimum atomic E-state index is -0.198. The predicted octanol–water partition coefficient (Wildman–Crippen LogP) is 4.11. The highest BCUT2D eigenvalue weighted by molar-refractivity contribution is 5.55. The van der Waals surface area contributed by atoms with Gasteiger partial charge in [0, 0.05) is 24.8 Å². The molecular formula is C17H27FN2. The van der Waals surface area contributed by atoms with E-state index < -0.39 is 0 Å². The fraction of sp³-hybridized carbons (Fsp3) is 0.647. The number of hydrogen-bond donors (Lipinski definition) is 1. The molecule has 1 aliphatic rings. The lowest BCUT2D eigenvalue weighted by Gasteiger charge is -2.27. The molecule has 0 aromatic heterocycles. The monoisotopic (exact) mass is 278 g/mol. The highest BCUT2D eigenvalue weighted by atomic mass is 19.1. The van der Waals surface area contributed by atoms with Crippen LogP contribution in [-0.2, 0) is 0 Å². The quantitative estimate of drug-likeness (QED) is 0.901. The molecule has 1 saturated heterocycles. The third kappa shape index (κ3) is 3.51. The summed E-state index contributed by atoms with van der Waals surface area (Å²) in [6.45, 7) is 8.65. The van der Waals surface area contributed by atoms with Gasteiger partial charge in [0.05, 0.1) is 0 Å². The van der Waals surface area contributed by atoms with Gasteiger partial charge in [-0.2, -0.15) is 0 Å². The maximum atomic E-state index is 13.4. The molecule has 1 aromatic rings. The lowest BCUT2D eigenvalue weighted by molar-refractivity contribution is 0.351. The Bertz CT molecular complexity index is 443. The molecule has 0 aliphatic carbocycles. The van der Waals surface area contributed by atoms with Crippen molar-refractivity contribution in [2.75, 3.05) is 18.0 Å². The molecule has 0 saturated carbocycles. The molecular weight excluding hydrogens is 251 g/mol. The van der Waals surface area contributed by atoms with E-state index in [0.29, 0.717) is 0 Å². The average molecular weight is 278 g/mol. The summed E-state index contributed by atoms with van der Waals surface area (Å²) < 4.78 is 13.4. The smallest absolute Gasteiger partial charge is 0.123 e. The van der Waals surface area contributed by atoms with Crippen molar-refractivity contribution in [3.05, 3.63) is 29.6 Å². The lowest BCUT2D eigenvalue weighted by atomic mass is 9.89. The van der Waals surface area contributed by atoms with Crippen LogP contribution >= 0.6 is 0 Å². The summed E-state index contributed by atoms with van der Waals surface area (Å²) in [5, 5.41) is 0. The summed E-state index contributed by atoms with van der Waals surface area (Å²) in [7, 11) is 0. The molecule has 1 aromatic carbocycles. The maximum absolute atomic E-state index is 13.4. The van der Waals surface area contributed by atoms with Crippen LogP contribution in [0, 0.1) is 17.7 Å². The Hall–Kier alpha value is -1.09. The topological polar surface area (TPSA) is 29.3 Å². The van der Waals surface area contributed by atoms with E-state index in [0.717, 1.165) is 36.2 Å². The molecule has 0 bridgehead atoms. The molecule has 0 radical (unpaired) electrons. The van der Waals surface area contributed by atoms with Crippen LogP contribution in [0.4, 0.5) is 10.1 Å². The Balaban J connectivity index is 2.19. The Labute approximate surface area is 122 Å². The van der Waals surface area contributed by atoms with Crippen molar-refractivity contribution in [2.45, 2.75) is 46.1 Å². The van der Waals surface area contributed by atoms with Gasteiger partial charge in [-0.1, -0.05) is 13.8 Å². The van der Waals surface area contributed by atoms with Gasteiger partial charge in [0.25, 0.3) is 0 Å². The average Bonchev–Trinajstić information content (AvgIpc) is 2.64. The highest BCUT2D eigenvalue weighted by Gasteiger charge is 2.21. The summed E-state index contributed by atoms with van der Waals surface area (Å²) in [6.07, 6.45) is 3.72. The highest BCUT2D eigenvalue weighted by Crippen LogP contribution is 2.31. The van der Waals surface area contributed by atoms with E-state index in [4.69, 9.17) is 5.73 Å². The summed E-state index contributed by atoms with van der Waals surface area (Å²) in [5.41, 5.74) is 8.05. The Morgan fingerprint density at radius 1 is 1.20 bits per heavy atom. The largest absolute Gasteiger partial charge is 0.371 e. The summed E-state index contributed by atoms with van der Waals surface area (Å²) in [6, 6.07) is 4.89. The van der Waals surface area contributed by atoms with Crippen molar-refractivity contribution in [3.8, 4) is 0 Å². The first-order valence-electron chi connectivity index (χ1n) is 7.79. The molecule has 1 heterocycles. The number of benzene rings is 1. The van der Waals surface area contributed by atoms with Crippen LogP contribution in [0.1, 0.15) is 51.6 Å². The van der Waals surface area contributed by atoms with Crippen LogP contribution < -0.4 is 10.6 Å². The van der Waals surface area contributed by atoms with Crippen LogP contribution in [0.5, 0.6) is 0 Å². The zero-order valence-corrected chi connectivity index (χ0v) is 12.9. The van der Waals surface area contributed by atoms with E-state index in [1.165, 1.54) is 19.3 Å². The number of halogens is 1. The van der Waals surface area contributed by atoms with Crippen LogP contribution in [0.15, 0.2) is 18.2 Å². The molecule has 2 atom stereocenters. The summed E-state index contributed by atoms with van der Waals surface area (Å²) >= 11 is 0. The molecule has 2 unspecified atom stereocenters. The van der Waals surface area contributed by atoms with E-state index in [9.17, 15) is 4.39 Å². The minimum Gasteiger partial charge on any atom is -0.371 e. The van der Waals surface area contributed by atoms with Gasteiger partial charge in [0.1, 0.15) is 5.82 Å². The van der Waals surface area contributed by atoms with Crippen molar-refractivity contribution in [2.24, 2.45) is 17.6 Å². The van der Waals surface area contributed by atoms with Crippen molar-refractivity contribution >= 4 is 5.69 Å². The van der Waals surface area contributed by atoms with Gasteiger partial charge >= 0.3 is 0 Å². The van der Waals surface area contributed by atoms with Gasteiger partial charge in [-0.05, 0) is 61.8 Å². The lowest BCUT2D eigenvalue weighted by Crippen LogP contribution is -2.27. The molecule has 1 fully saturated rings. The Kier molecular flexibility index (Phi) is 5.03. The number of anilines is 1.